The SMILES string of the molecule is O=C(NCCCc1ccccc1)Nc1snc(OCc2ccc(Br)cc2F)c1C(=O)O. The monoisotopic (exact) mass is 507 g/mol. The molecule has 0 unspecified atom stereocenters. The van der Waals surface area contributed by atoms with Gasteiger partial charge >= 0.3 is 12.0 Å². The maximum absolute atomic E-state index is 13.9. The van der Waals surface area contributed by atoms with E-state index in [-0.39, 0.29) is 28.6 Å². The van der Waals surface area contributed by atoms with E-state index < -0.39 is 17.8 Å². The molecule has 0 atom stereocenters. The van der Waals surface area contributed by atoms with Crippen LogP contribution < -0.4 is 15.4 Å². The summed E-state index contributed by atoms with van der Waals surface area (Å²) < 4.78 is 23.9. The Morgan fingerprint density at radius 2 is 1.97 bits per heavy atom. The fraction of sp³-hybridized carbons (Fsp3) is 0.190. The highest BCUT2D eigenvalue weighted by atomic mass is 79.9. The Bertz CT molecular complexity index is 1060. The first-order chi connectivity index (χ1) is 14.9. The molecule has 2 amide bonds. The molecule has 3 N–H and O–H groups in total. The number of nitrogens with one attached hydrogen (secondary N) is 2. The Labute approximate surface area is 190 Å². The van der Waals surface area contributed by atoms with E-state index >= 15 is 0 Å². The third-order valence-electron chi connectivity index (χ3n) is 4.25. The zero-order valence-electron chi connectivity index (χ0n) is 16.2. The van der Waals surface area contributed by atoms with Crippen LogP contribution in [0.25, 0.3) is 0 Å². The molecule has 2 aromatic carbocycles. The molecule has 162 valence electrons. The molecule has 0 saturated carbocycles. The first-order valence-corrected chi connectivity index (χ1v) is 10.9. The summed E-state index contributed by atoms with van der Waals surface area (Å²) in [4.78, 5) is 23.8. The van der Waals surface area contributed by atoms with Crippen molar-refractivity contribution in [1.82, 2.24) is 9.69 Å². The average Bonchev–Trinajstić information content (AvgIpc) is 3.14. The van der Waals surface area contributed by atoms with Gasteiger partial charge in [-0.2, -0.15) is 4.37 Å². The molecular weight excluding hydrogens is 489 g/mol. The lowest BCUT2D eigenvalue weighted by molar-refractivity contribution is 0.0693. The average molecular weight is 508 g/mol. The number of aryl methyl sites for hydroxylation is 1. The highest BCUT2D eigenvalue weighted by molar-refractivity contribution is 9.10. The minimum Gasteiger partial charge on any atom is -0.477 e. The number of aromatic carboxylic acids is 1. The summed E-state index contributed by atoms with van der Waals surface area (Å²) in [6, 6.07) is 13.8. The van der Waals surface area contributed by atoms with E-state index in [1.165, 1.54) is 17.7 Å². The van der Waals surface area contributed by atoms with E-state index in [4.69, 9.17) is 4.74 Å². The lowest BCUT2D eigenvalue weighted by atomic mass is 10.1. The number of carboxylic acids is 1. The van der Waals surface area contributed by atoms with Crippen molar-refractivity contribution in [2.75, 3.05) is 11.9 Å². The highest BCUT2D eigenvalue weighted by Crippen LogP contribution is 2.31. The number of rotatable bonds is 9. The topological polar surface area (TPSA) is 101 Å². The van der Waals surface area contributed by atoms with Gasteiger partial charge in [0, 0.05) is 16.6 Å². The summed E-state index contributed by atoms with van der Waals surface area (Å²) in [6.45, 7) is 0.225. The number of halogens is 2. The quantitative estimate of drug-likeness (QED) is 0.350. The zero-order valence-corrected chi connectivity index (χ0v) is 18.6. The fourth-order valence-electron chi connectivity index (χ4n) is 2.72. The molecule has 0 fully saturated rings. The summed E-state index contributed by atoms with van der Waals surface area (Å²) in [5.41, 5.74) is 1.14. The lowest BCUT2D eigenvalue weighted by Crippen LogP contribution is -2.30. The van der Waals surface area contributed by atoms with E-state index in [2.05, 4.69) is 30.9 Å². The van der Waals surface area contributed by atoms with Gasteiger partial charge in [0.05, 0.1) is 0 Å². The van der Waals surface area contributed by atoms with E-state index in [0.29, 0.717) is 11.0 Å². The summed E-state index contributed by atoms with van der Waals surface area (Å²) in [5.74, 6) is -1.98. The van der Waals surface area contributed by atoms with Gasteiger partial charge in [-0.3, -0.25) is 5.32 Å². The van der Waals surface area contributed by atoms with E-state index in [1.54, 1.807) is 6.07 Å². The second kappa shape index (κ2) is 10.9. The number of carbonyl (C=O) groups is 2. The van der Waals surface area contributed by atoms with Gasteiger partial charge in [0.15, 0.2) is 5.56 Å². The van der Waals surface area contributed by atoms with Crippen LogP contribution >= 0.6 is 27.5 Å². The van der Waals surface area contributed by atoms with Gasteiger partial charge < -0.3 is 15.2 Å². The molecule has 1 aromatic heterocycles. The lowest BCUT2D eigenvalue weighted by Gasteiger charge is -2.08. The van der Waals surface area contributed by atoms with Gasteiger partial charge in [-0.15, -0.1) is 0 Å². The number of nitrogens with zero attached hydrogens (tertiary/aromatic N) is 1. The zero-order chi connectivity index (χ0) is 22.2. The van der Waals surface area contributed by atoms with Crippen molar-refractivity contribution in [2.24, 2.45) is 0 Å². The van der Waals surface area contributed by atoms with Gasteiger partial charge in [0.2, 0.25) is 5.88 Å². The van der Waals surface area contributed by atoms with Crippen LogP contribution in [0.5, 0.6) is 5.88 Å². The molecular formula is C21H19BrFN3O4S. The number of amides is 2. The number of ether oxygens (including phenoxy) is 1. The van der Waals surface area contributed by atoms with Crippen LogP contribution in [-0.4, -0.2) is 28.0 Å². The van der Waals surface area contributed by atoms with Crippen LogP contribution in [-0.2, 0) is 13.0 Å². The number of aromatic nitrogens is 1. The number of urea groups is 1. The normalized spacial score (nSPS) is 10.5. The molecule has 0 bridgehead atoms. The van der Waals surface area contributed by atoms with Gasteiger partial charge in [-0.25, -0.2) is 14.0 Å². The second-order valence-electron chi connectivity index (χ2n) is 6.49. The standard InChI is InChI=1S/C21H19BrFN3O4S/c22-15-9-8-14(16(23)11-15)12-30-18-17(20(27)28)19(31-26-18)25-21(29)24-10-4-7-13-5-2-1-3-6-13/h1-3,5-6,8-9,11H,4,7,10,12H2,(H,27,28)(H2,24,25,29). The van der Waals surface area contributed by atoms with Crippen LogP contribution in [0.2, 0.25) is 0 Å². The largest absolute Gasteiger partial charge is 0.477 e. The molecule has 3 aromatic rings. The van der Waals surface area contributed by atoms with Gasteiger partial charge in [-0.1, -0.05) is 52.3 Å². The Hall–Kier alpha value is -2.98. The Kier molecular flexibility index (Phi) is 7.96. The Morgan fingerprint density at radius 1 is 1.19 bits per heavy atom. The second-order valence-corrected chi connectivity index (χ2v) is 8.18. The molecule has 7 nitrogen and oxygen atoms in total. The Morgan fingerprint density at radius 3 is 2.68 bits per heavy atom. The number of anilines is 1. The number of carbonyl (C=O) groups excluding carboxylic acids is 1. The maximum atomic E-state index is 13.9. The summed E-state index contributed by atoms with van der Waals surface area (Å²) in [7, 11) is 0. The van der Waals surface area contributed by atoms with Crippen LogP contribution in [0.4, 0.5) is 14.2 Å². The van der Waals surface area contributed by atoms with Crippen LogP contribution in [0, 0.1) is 5.82 Å². The first kappa shape index (κ1) is 22.7. The molecule has 10 heteroatoms. The molecule has 31 heavy (non-hydrogen) atoms. The molecule has 0 spiro atoms. The molecule has 1 heterocycles. The van der Waals surface area contributed by atoms with Crippen LogP contribution in [0.3, 0.4) is 0 Å². The maximum Gasteiger partial charge on any atom is 0.344 e. The number of hydrogen-bond donors (Lipinski definition) is 3. The number of hydrogen-bond acceptors (Lipinski definition) is 5. The number of carboxylic acid groups (broad SMARTS) is 1. The van der Waals surface area contributed by atoms with Crippen molar-refractivity contribution in [1.29, 1.82) is 0 Å². The molecule has 0 saturated heterocycles. The smallest absolute Gasteiger partial charge is 0.344 e. The van der Waals surface area contributed by atoms with Crippen molar-refractivity contribution in [3.8, 4) is 5.88 Å². The number of benzene rings is 2. The van der Waals surface area contributed by atoms with Crippen LogP contribution in [0.15, 0.2) is 53.0 Å². The molecule has 3 rings (SSSR count). The van der Waals surface area contributed by atoms with E-state index in [0.717, 1.165) is 24.4 Å². The molecule has 0 aliphatic rings. The van der Waals surface area contributed by atoms with Gasteiger partial charge in [0.1, 0.15) is 17.4 Å². The van der Waals surface area contributed by atoms with Gasteiger partial charge in [0.25, 0.3) is 0 Å². The van der Waals surface area contributed by atoms with E-state index in [1.807, 2.05) is 30.3 Å². The predicted molar refractivity (Wildman–Crippen MR) is 119 cm³/mol. The minimum atomic E-state index is -1.31. The summed E-state index contributed by atoms with van der Waals surface area (Å²) >= 11 is 3.95. The first-order valence-electron chi connectivity index (χ1n) is 9.32. The van der Waals surface area contributed by atoms with Crippen molar-refractivity contribution < 1.29 is 23.8 Å². The van der Waals surface area contributed by atoms with Crippen molar-refractivity contribution >= 4 is 44.5 Å². The van der Waals surface area contributed by atoms with Crippen LogP contribution in [0.1, 0.15) is 27.9 Å². The molecule has 0 aliphatic carbocycles. The Balaban J connectivity index is 1.55. The van der Waals surface area contributed by atoms with E-state index in [9.17, 15) is 19.1 Å². The van der Waals surface area contributed by atoms with Crippen molar-refractivity contribution in [2.45, 2.75) is 19.4 Å². The molecule has 0 aliphatic heterocycles. The van der Waals surface area contributed by atoms with Crippen molar-refractivity contribution in [3.63, 3.8) is 0 Å². The van der Waals surface area contributed by atoms with Crippen molar-refractivity contribution in [3.05, 3.63) is 75.5 Å². The third-order valence-corrected chi connectivity index (χ3v) is 5.49. The molecule has 0 radical (unpaired) electrons. The fourth-order valence-corrected chi connectivity index (χ4v) is 3.77. The van der Waals surface area contributed by atoms with Gasteiger partial charge in [-0.05, 0) is 42.1 Å². The predicted octanol–water partition coefficient (Wildman–Crippen LogP) is 5.08. The third kappa shape index (κ3) is 6.50. The summed E-state index contributed by atoms with van der Waals surface area (Å²) in [5, 5.41) is 14.7. The summed E-state index contributed by atoms with van der Waals surface area (Å²) in [6.07, 6.45) is 1.55. The highest BCUT2D eigenvalue weighted by Gasteiger charge is 2.23. The minimum absolute atomic E-state index is 0.0411.